The Hall–Kier alpha value is -3.70. The zero-order valence-electron chi connectivity index (χ0n) is 20.1. The van der Waals surface area contributed by atoms with Crippen LogP contribution in [0, 0.1) is 6.92 Å². The predicted octanol–water partition coefficient (Wildman–Crippen LogP) is 7.47. The van der Waals surface area contributed by atoms with Gasteiger partial charge >= 0.3 is 0 Å². The lowest BCUT2D eigenvalue weighted by Crippen LogP contribution is -2.12. The van der Waals surface area contributed by atoms with Crippen LogP contribution in [0.2, 0.25) is 10.0 Å². The summed E-state index contributed by atoms with van der Waals surface area (Å²) >= 11 is 12.4. The third-order valence-electron chi connectivity index (χ3n) is 5.54. The molecule has 0 saturated carbocycles. The van der Waals surface area contributed by atoms with Crippen LogP contribution in [0.4, 0.5) is 17.1 Å². The molecule has 0 aromatic heterocycles. The monoisotopic (exact) mass is 573 g/mol. The highest BCUT2D eigenvalue weighted by Gasteiger charge is 2.21. The molecule has 12 heteroatoms. The van der Waals surface area contributed by atoms with Gasteiger partial charge in [-0.05, 0) is 55.1 Å². The van der Waals surface area contributed by atoms with E-state index in [-0.39, 0.29) is 22.0 Å². The lowest BCUT2D eigenvalue weighted by atomic mass is 10.0. The van der Waals surface area contributed by atoms with E-state index in [1.807, 2.05) is 6.92 Å². The van der Waals surface area contributed by atoms with Gasteiger partial charge in [-0.3, -0.25) is 9.35 Å². The van der Waals surface area contributed by atoms with Gasteiger partial charge in [0, 0.05) is 11.1 Å². The number of amides is 1. The van der Waals surface area contributed by atoms with E-state index in [0.717, 1.165) is 6.07 Å². The molecule has 0 bridgehead atoms. The Morgan fingerprint density at radius 3 is 2.42 bits per heavy atom. The molecule has 0 aliphatic heterocycles. The summed E-state index contributed by atoms with van der Waals surface area (Å²) in [5.41, 5.74) is 0.701. The van der Waals surface area contributed by atoms with Crippen molar-refractivity contribution in [2.24, 2.45) is 10.2 Å². The summed E-state index contributed by atoms with van der Waals surface area (Å²) in [6.07, 6.45) is 0. The molecule has 0 unspecified atom stereocenters. The predicted molar refractivity (Wildman–Crippen MR) is 146 cm³/mol. The van der Waals surface area contributed by atoms with Crippen LogP contribution in [0.3, 0.4) is 0 Å². The van der Waals surface area contributed by atoms with Crippen molar-refractivity contribution in [2.75, 3.05) is 11.9 Å². The highest BCUT2D eigenvalue weighted by molar-refractivity contribution is 7.86. The number of fused-ring (bicyclic) bond motifs is 1. The molecule has 4 aromatic rings. The number of ether oxygens (including phenoxy) is 1. The normalized spacial score (nSPS) is 11.7. The number of aryl methyl sites for hydroxylation is 1. The van der Waals surface area contributed by atoms with Crippen LogP contribution in [0.1, 0.15) is 22.8 Å². The molecule has 0 atom stereocenters. The zero-order valence-corrected chi connectivity index (χ0v) is 22.4. The van der Waals surface area contributed by atoms with Gasteiger partial charge in [0.1, 0.15) is 22.0 Å². The van der Waals surface area contributed by atoms with Crippen molar-refractivity contribution in [2.45, 2.75) is 18.7 Å². The smallest absolute Gasteiger partial charge is 0.296 e. The van der Waals surface area contributed by atoms with Gasteiger partial charge in [-0.2, -0.15) is 8.42 Å². The van der Waals surface area contributed by atoms with Crippen molar-refractivity contribution in [1.82, 2.24) is 0 Å². The Bertz CT molecular complexity index is 1710. The van der Waals surface area contributed by atoms with Crippen LogP contribution in [-0.4, -0.2) is 30.6 Å². The first-order valence-corrected chi connectivity index (χ1v) is 13.4. The number of nitrogens with one attached hydrogen (secondary N) is 1. The number of aromatic hydroxyl groups is 1. The highest BCUT2D eigenvalue weighted by atomic mass is 35.5. The van der Waals surface area contributed by atoms with E-state index in [1.165, 1.54) is 18.2 Å². The molecular formula is C26H21Cl2N3O6S. The molecule has 196 valence electrons. The molecular weight excluding hydrogens is 553 g/mol. The fourth-order valence-electron chi connectivity index (χ4n) is 3.71. The van der Waals surface area contributed by atoms with Crippen molar-refractivity contribution >= 4 is 67.1 Å². The lowest BCUT2D eigenvalue weighted by Gasteiger charge is -2.12. The van der Waals surface area contributed by atoms with Gasteiger partial charge in [-0.1, -0.05) is 53.5 Å². The summed E-state index contributed by atoms with van der Waals surface area (Å²) < 4.78 is 38.2. The maximum atomic E-state index is 13.2. The fourth-order valence-corrected chi connectivity index (χ4v) is 5.05. The van der Waals surface area contributed by atoms with E-state index < -0.39 is 26.7 Å². The maximum absolute atomic E-state index is 13.2. The third-order valence-corrected chi connectivity index (χ3v) is 7.23. The summed E-state index contributed by atoms with van der Waals surface area (Å²) in [5.74, 6) is -0.621. The second-order valence-electron chi connectivity index (χ2n) is 8.09. The Balaban J connectivity index is 1.78. The number of hydrogen-bond donors (Lipinski definition) is 3. The molecule has 9 nitrogen and oxygen atoms in total. The van der Waals surface area contributed by atoms with Crippen LogP contribution in [0.25, 0.3) is 10.8 Å². The minimum Gasteiger partial charge on any atom is -0.505 e. The number of carbonyl (C=O) groups excluding carboxylic acids is 1. The molecule has 0 spiro atoms. The van der Waals surface area contributed by atoms with Crippen molar-refractivity contribution in [3.8, 4) is 11.5 Å². The quantitative estimate of drug-likeness (QED) is 0.155. The van der Waals surface area contributed by atoms with Crippen LogP contribution in [0.15, 0.2) is 75.8 Å². The average molecular weight is 574 g/mol. The first-order chi connectivity index (χ1) is 18.0. The van der Waals surface area contributed by atoms with Crippen LogP contribution in [0.5, 0.6) is 11.5 Å². The maximum Gasteiger partial charge on any atom is 0.296 e. The summed E-state index contributed by atoms with van der Waals surface area (Å²) in [6, 6.07) is 15.7. The summed E-state index contributed by atoms with van der Waals surface area (Å²) in [7, 11) is -4.61. The van der Waals surface area contributed by atoms with Crippen molar-refractivity contribution in [1.29, 1.82) is 0 Å². The number of halogens is 2. The van der Waals surface area contributed by atoms with E-state index in [2.05, 4.69) is 15.5 Å². The number of rotatable bonds is 7. The molecule has 0 heterocycles. The minimum absolute atomic E-state index is 0.0239. The minimum atomic E-state index is -4.61. The van der Waals surface area contributed by atoms with Gasteiger partial charge < -0.3 is 15.2 Å². The third kappa shape index (κ3) is 5.58. The number of carbonyl (C=O) groups is 1. The van der Waals surface area contributed by atoms with E-state index in [4.69, 9.17) is 27.9 Å². The largest absolute Gasteiger partial charge is 0.505 e. The molecule has 0 saturated heterocycles. The van der Waals surface area contributed by atoms with Gasteiger partial charge in [-0.15, -0.1) is 10.2 Å². The summed E-state index contributed by atoms with van der Waals surface area (Å²) in [5, 5.41) is 23.0. The number of phenolic OH excluding ortho intramolecular Hbond substituents is 1. The van der Waals surface area contributed by atoms with Gasteiger partial charge in [0.05, 0.1) is 22.2 Å². The SMILES string of the molecule is CCOc1ccc(NC(=O)c2cc3ccccc3c(N=Nc3c(C)ccc(S(=O)(=O)O)c3Cl)c2O)cc1Cl. The Labute approximate surface area is 228 Å². The molecule has 4 rings (SSSR count). The zero-order chi connectivity index (χ0) is 27.6. The van der Waals surface area contributed by atoms with E-state index in [9.17, 15) is 22.9 Å². The molecule has 38 heavy (non-hydrogen) atoms. The number of hydrogen-bond acceptors (Lipinski definition) is 7. The van der Waals surface area contributed by atoms with Gasteiger partial charge in [0.2, 0.25) is 0 Å². The van der Waals surface area contributed by atoms with Crippen LogP contribution in [-0.2, 0) is 10.1 Å². The van der Waals surface area contributed by atoms with Crippen LogP contribution < -0.4 is 10.1 Å². The van der Waals surface area contributed by atoms with Crippen molar-refractivity contribution in [3.05, 3.63) is 81.8 Å². The topological polar surface area (TPSA) is 138 Å². The molecule has 0 aliphatic rings. The van der Waals surface area contributed by atoms with Crippen LogP contribution >= 0.6 is 23.2 Å². The summed E-state index contributed by atoms with van der Waals surface area (Å²) in [6.45, 7) is 3.88. The average Bonchev–Trinajstić information content (AvgIpc) is 2.85. The number of azo groups is 1. The first-order valence-electron chi connectivity index (χ1n) is 11.2. The Morgan fingerprint density at radius 1 is 1.03 bits per heavy atom. The van der Waals surface area contributed by atoms with Crippen molar-refractivity contribution in [3.63, 3.8) is 0 Å². The van der Waals surface area contributed by atoms with E-state index in [0.29, 0.717) is 39.4 Å². The highest BCUT2D eigenvalue weighted by Crippen LogP contribution is 2.42. The Kier molecular flexibility index (Phi) is 7.89. The molecule has 0 aliphatic carbocycles. The number of anilines is 1. The molecule has 0 fully saturated rings. The number of nitrogens with zero attached hydrogens (tertiary/aromatic N) is 2. The standard InChI is InChI=1S/C26H21Cl2N3O6S/c1-3-37-20-10-9-16(13-19(20)27)29-26(33)18-12-15-6-4-5-7-17(15)24(25(18)32)31-30-23-14(2)8-11-21(22(23)28)38(34,35)36/h4-13,32H,3H2,1-2H3,(H,29,33)(H,34,35,36). The second kappa shape index (κ2) is 11.0. The lowest BCUT2D eigenvalue weighted by molar-refractivity contribution is 0.102. The van der Waals surface area contributed by atoms with E-state index in [1.54, 1.807) is 43.3 Å². The number of phenols is 1. The van der Waals surface area contributed by atoms with Gasteiger partial charge in [-0.25, -0.2) is 0 Å². The molecule has 0 radical (unpaired) electrons. The summed E-state index contributed by atoms with van der Waals surface area (Å²) in [4.78, 5) is 12.6. The van der Waals surface area contributed by atoms with Crippen molar-refractivity contribution < 1.29 is 27.6 Å². The molecule has 4 aromatic carbocycles. The molecule has 1 amide bonds. The second-order valence-corrected chi connectivity index (χ2v) is 10.3. The number of benzene rings is 4. The van der Waals surface area contributed by atoms with Gasteiger partial charge in [0.25, 0.3) is 16.0 Å². The van der Waals surface area contributed by atoms with E-state index >= 15 is 0 Å². The fraction of sp³-hybridized carbons (Fsp3) is 0.115. The van der Waals surface area contributed by atoms with Gasteiger partial charge in [0.15, 0.2) is 5.75 Å². The Morgan fingerprint density at radius 2 is 1.74 bits per heavy atom. The molecule has 3 N–H and O–H groups in total. The first kappa shape index (κ1) is 27.3.